The second-order valence-electron chi connectivity index (χ2n) is 6.81. The highest BCUT2D eigenvalue weighted by Crippen LogP contribution is 2.43. The van der Waals surface area contributed by atoms with E-state index < -0.39 is 5.60 Å². The van der Waals surface area contributed by atoms with Crippen LogP contribution in [-0.4, -0.2) is 36.3 Å². The van der Waals surface area contributed by atoms with E-state index in [0.29, 0.717) is 12.0 Å². The zero-order chi connectivity index (χ0) is 17.3. The molecule has 0 radical (unpaired) electrons. The van der Waals surface area contributed by atoms with E-state index in [1.807, 2.05) is 54.6 Å². The number of piperidine rings is 1. The number of carbonyl (C=O) groups is 2. The molecule has 1 spiro atoms. The molecule has 2 aliphatic rings. The van der Waals surface area contributed by atoms with Crippen LogP contribution in [0.5, 0.6) is 0 Å². The predicted molar refractivity (Wildman–Crippen MR) is 94.6 cm³/mol. The number of ketones is 1. The summed E-state index contributed by atoms with van der Waals surface area (Å²) in [5, 5.41) is 0. The van der Waals surface area contributed by atoms with E-state index in [1.165, 1.54) is 0 Å². The molecule has 25 heavy (non-hydrogen) atoms. The molecule has 2 aliphatic heterocycles. The van der Waals surface area contributed by atoms with Crippen LogP contribution in [0.25, 0.3) is 0 Å². The fraction of sp³-hybridized carbons (Fsp3) is 0.333. The van der Waals surface area contributed by atoms with Crippen LogP contribution in [0.1, 0.15) is 45.5 Å². The van der Waals surface area contributed by atoms with Gasteiger partial charge in [0.05, 0.1) is 5.56 Å². The molecule has 2 aromatic rings. The lowest BCUT2D eigenvalue weighted by molar-refractivity contribution is -0.0426. The number of ether oxygens (including phenoxy) is 1. The summed E-state index contributed by atoms with van der Waals surface area (Å²) in [7, 11) is 0. The number of Topliss-reactive ketones (excluding diaryl/α,β-unsaturated/α-hetero) is 1. The molecule has 2 heterocycles. The first kappa shape index (κ1) is 16.0. The standard InChI is InChI=1S/C21H21NO3/c23-19(16-6-2-1-3-7-16)10-13-22-14-11-21(12-15-22)18-9-5-4-8-17(18)20(24)25-21/h1-9H,10-15H2. The number of hydrogen-bond acceptors (Lipinski definition) is 4. The molecule has 0 amide bonds. The summed E-state index contributed by atoms with van der Waals surface area (Å²) >= 11 is 0. The fourth-order valence-corrected chi connectivity index (χ4v) is 3.88. The number of fused-ring (bicyclic) bond motifs is 2. The van der Waals surface area contributed by atoms with Crippen LogP contribution in [0.15, 0.2) is 54.6 Å². The Hall–Kier alpha value is -2.46. The van der Waals surface area contributed by atoms with Crippen molar-refractivity contribution in [3.8, 4) is 0 Å². The summed E-state index contributed by atoms with van der Waals surface area (Å²) in [5.74, 6) is -0.0261. The third kappa shape index (κ3) is 2.98. The number of hydrogen-bond donors (Lipinski definition) is 0. The van der Waals surface area contributed by atoms with Crippen LogP contribution in [0.4, 0.5) is 0 Å². The average molecular weight is 335 g/mol. The van der Waals surface area contributed by atoms with Crippen LogP contribution in [0.3, 0.4) is 0 Å². The van der Waals surface area contributed by atoms with Gasteiger partial charge in [-0.25, -0.2) is 4.79 Å². The average Bonchev–Trinajstić information content (AvgIpc) is 2.94. The minimum Gasteiger partial charge on any atom is -0.450 e. The van der Waals surface area contributed by atoms with Gasteiger partial charge in [-0.1, -0.05) is 48.5 Å². The van der Waals surface area contributed by atoms with Crippen molar-refractivity contribution in [1.29, 1.82) is 0 Å². The van der Waals surface area contributed by atoms with Gasteiger partial charge in [0.15, 0.2) is 5.78 Å². The Kier molecular flexibility index (Phi) is 4.14. The highest BCUT2D eigenvalue weighted by Gasteiger charge is 2.46. The van der Waals surface area contributed by atoms with Crippen molar-refractivity contribution >= 4 is 11.8 Å². The molecule has 0 bridgehead atoms. The number of rotatable bonds is 4. The molecule has 1 fully saturated rings. The van der Waals surface area contributed by atoms with Crippen LogP contribution >= 0.6 is 0 Å². The van der Waals surface area contributed by atoms with Gasteiger partial charge in [-0.05, 0) is 6.07 Å². The SMILES string of the molecule is O=C(CCN1CCC2(CC1)OC(=O)c1ccccc12)c1ccccc1. The van der Waals surface area contributed by atoms with Crippen LogP contribution < -0.4 is 0 Å². The molecule has 0 saturated carbocycles. The summed E-state index contributed by atoms with van der Waals surface area (Å²) in [6, 6.07) is 17.1. The summed E-state index contributed by atoms with van der Waals surface area (Å²) in [4.78, 5) is 26.7. The maximum Gasteiger partial charge on any atom is 0.339 e. The molecule has 4 rings (SSSR count). The Balaban J connectivity index is 1.37. The van der Waals surface area contributed by atoms with Gasteiger partial charge in [0.1, 0.15) is 5.60 Å². The molecule has 1 saturated heterocycles. The topological polar surface area (TPSA) is 46.6 Å². The Morgan fingerprint density at radius 3 is 2.44 bits per heavy atom. The molecule has 4 nitrogen and oxygen atoms in total. The number of nitrogens with zero attached hydrogens (tertiary/aromatic N) is 1. The zero-order valence-electron chi connectivity index (χ0n) is 14.1. The van der Waals surface area contributed by atoms with Gasteiger partial charge in [0.2, 0.25) is 0 Å². The Labute approximate surface area is 147 Å². The maximum absolute atomic E-state index is 12.2. The lowest BCUT2D eigenvalue weighted by Crippen LogP contribution is -2.43. The molecule has 0 atom stereocenters. The number of esters is 1. The molecular formula is C21H21NO3. The van der Waals surface area contributed by atoms with Gasteiger partial charge >= 0.3 is 5.97 Å². The van der Waals surface area contributed by atoms with Gasteiger partial charge in [-0.15, -0.1) is 0 Å². The number of likely N-dealkylation sites (tertiary alicyclic amines) is 1. The van der Waals surface area contributed by atoms with E-state index in [-0.39, 0.29) is 11.8 Å². The summed E-state index contributed by atoms with van der Waals surface area (Å²) < 4.78 is 5.77. The highest BCUT2D eigenvalue weighted by atomic mass is 16.6. The van der Waals surface area contributed by atoms with Crippen molar-refractivity contribution < 1.29 is 14.3 Å². The largest absolute Gasteiger partial charge is 0.450 e. The van der Waals surface area contributed by atoms with Crippen molar-refractivity contribution in [1.82, 2.24) is 4.90 Å². The smallest absolute Gasteiger partial charge is 0.339 e. The van der Waals surface area contributed by atoms with Crippen LogP contribution in [-0.2, 0) is 10.3 Å². The minimum atomic E-state index is -0.465. The van der Waals surface area contributed by atoms with Gasteiger partial charge in [0, 0.05) is 50.0 Å². The maximum atomic E-state index is 12.2. The van der Waals surface area contributed by atoms with E-state index in [1.54, 1.807) is 0 Å². The van der Waals surface area contributed by atoms with E-state index in [2.05, 4.69) is 4.90 Å². The first-order valence-corrected chi connectivity index (χ1v) is 8.81. The lowest BCUT2D eigenvalue weighted by atomic mass is 9.83. The lowest BCUT2D eigenvalue weighted by Gasteiger charge is -2.38. The van der Waals surface area contributed by atoms with E-state index in [9.17, 15) is 9.59 Å². The third-order valence-corrected chi connectivity index (χ3v) is 5.34. The Bertz CT molecular complexity index is 792. The molecular weight excluding hydrogens is 314 g/mol. The molecule has 0 aromatic heterocycles. The molecule has 2 aromatic carbocycles. The van der Waals surface area contributed by atoms with E-state index in [0.717, 1.165) is 43.6 Å². The van der Waals surface area contributed by atoms with Gasteiger partial charge in [0.25, 0.3) is 0 Å². The van der Waals surface area contributed by atoms with Crippen molar-refractivity contribution in [2.75, 3.05) is 19.6 Å². The summed E-state index contributed by atoms with van der Waals surface area (Å²) in [6.07, 6.45) is 2.10. The fourth-order valence-electron chi connectivity index (χ4n) is 3.88. The van der Waals surface area contributed by atoms with E-state index in [4.69, 9.17) is 4.74 Å². The zero-order valence-corrected chi connectivity index (χ0v) is 14.1. The van der Waals surface area contributed by atoms with Crippen molar-refractivity contribution in [3.05, 3.63) is 71.3 Å². The first-order valence-electron chi connectivity index (χ1n) is 8.81. The van der Waals surface area contributed by atoms with Crippen molar-refractivity contribution in [3.63, 3.8) is 0 Å². The van der Waals surface area contributed by atoms with Gasteiger partial charge in [-0.2, -0.15) is 0 Å². The monoisotopic (exact) mass is 335 g/mol. The first-order chi connectivity index (χ1) is 12.2. The summed E-state index contributed by atoms with van der Waals surface area (Å²) in [5.41, 5.74) is 2.04. The normalized spacial score (nSPS) is 18.8. The molecule has 0 unspecified atom stereocenters. The van der Waals surface area contributed by atoms with E-state index >= 15 is 0 Å². The van der Waals surface area contributed by atoms with Gasteiger partial charge < -0.3 is 9.64 Å². The minimum absolute atomic E-state index is 0.179. The second-order valence-corrected chi connectivity index (χ2v) is 6.81. The Morgan fingerprint density at radius 2 is 1.68 bits per heavy atom. The quantitative estimate of drug-likeness (QED) is 0.634. The predicted octanol–water partition coefficient (Wildman–Crippen LogP) is 3.42. The van der Waals surface area contributed by atoms with Crippen LogP contribution in [0, 0.1) is 0 Å². The second kappa shape index (κ2) is 6.45. The third-order valence-electron chi connectivity index (χ3n) is 5.34. The van der Waals surface area contributed by atoms with Crippen molar-refractivity contribution in [2.24, 2.45) is 0 Å². The molecule has 4 heteroatoms. The number of benzene rings is 2. The van der Waals surface area contributed by atoms with Crippen molar-refractivity contribution in [2.45, 2.75) is 24.9 Å². The van der Waals surface area contributed by atoms with Gasteiger partial charge in [-0.3, -0.25) is 4.79 Å². The number of carbonyl (C=O) groups excluding carboxylic acids is 2. The molecule has 0 aliphatic carbocycles. The highest BCUT2D eigenvalue weighted by molar-refractivity contribution is 5.96. The Morgan fingerprint density at radius 1 is 1.00 bits per heavy atom. The molecule has 0 N–H and O–H groups in total. The summed E-state index contributed by atoms with van der Waals surface area (Å²) in [6.45, 7) is 2.42. The molecule has 128 valence electrons. The van der Waals surface area contributed by atoms with Crippen LogP contribution in [0.2, 0.25) is 0 Å².